The van der Waals surface area contributed by atoms with E-state index >= 15 is 0 Å². The number of aromatic nitrogens is 5. The summed E-state index contributed by atoms with van der Waals surface area (Å²) in [6.45, 7) is 0.390. The Morgan fingerprint density at radius 2 is 1.71 bits per heavy atom. The van der Waals surface area contributed by atoms with Crippen LogP contribution in [0.2, 0.25) is 0 Å². The molecule has 28 heavy (non-hydrogen) atoms. The van der Waals surface area contributed by atoms with Crippen molar-refractivity contribution in [3.05, 3.63) is 91.4 Å². The maximum atomic E-state index is 5.88. The number of rotatable bonds is 5. The second-order valence-corrected chi connectivity index (χ2v) is 6.37. The van der Waals surface area contributed by atoms with Crippen molar-refractivity contribution in [3.8, 4) is 22.7 Å². The number of para-hydroxylation sites is 2. The van der Waals surface area contributed by atoms with E-state index in [1.807, 2.05) is 71.4 Å². The van der Waals surface area contributed by atoms with Crippen LogP contribution in [0.3, 0.4) is 0 Å². The number of pyridine rings is 1. The van der Waals surface area contributed by atoms with Gasteiger partial charge in [0.15, 0.2) is 0 Å². The number of aromatic amines is 1. The summed E-state index contributed by atoms with van der Waals surface area (Å²) < 4.78 is 7.92. The lowest BCUT2D eigenvalue weighted by Gasteiger charge is -2.10. The predicted molar refractivity (Wildman–Crippen MR) is 107 cm³/mol. The minimum absolute atomic E-state index is 0.390. The van der Waals surface area contributed by atoms with Gasteiger partial charge in [0.2, 0.25) is 0 Å². The first kappa shape index (κ1) is 16.3. The van der Waals surface area contributed by atoms with Gasteiger partial charge in [-0.15, -0.1) is 0 Å². The average Bonchev–Trinajstić information content (AvgIpc) is 3.40. The van der Waals surface area contributed by atoms with Crippen LogP contribution in [0.25, 0.3) is 28.0 Å². The number of fused-ring (bicyclic) bond motifs is 1. The Bertz CT molecular complexity index is 1180. The molecule has 0 radical (unpaired) electrons. The second kappa shape index (κ2) is 7.00. The molecule has 0 saturated carbocycles. The molecule has 6 heteroatoms. The fourth-order valence-electron chi connectivity index (χ4n) is 3.17. The van der Waals surface area contributed by atoms with Crippen molar-refractivity contribution < 1.29 is 4.74 Å². The van der Waals surface area contributed by atoms with Crippen molar-refractivity contribution in [2.45, 2.75) is 6.61 Å². The summed E-state index contributed by atoms with van der Waals surface area (Å²) in [6, 6.07) is 19.8. The molecule has 0 aliphatic carbocycles. The SMILES string of the molecule is c1ccc2[nH]c(COc3ccc(-n4cncc4-c4ccncc4)cc3)nc2c1. The average molecular weight is 367 g/mol. The molecule has 3 aromatic heterocycles. The molecule has 0 spiro atoms. The van der Waals surface area contributed by atoms with E-state index in [1.54, 1.807) is 18.7 Å². The molecule has 0 bridgehead atoms. The molecule has 2 aromatic carbocycles. The summed E-state index contributed by atoms with van der Waals surface area (Å²) in [5.41, 5.74) is 5.05. The molecule has 0 fully saturated rings. The maximum Gasteiger partial charge on any atom is 0.146 e. The van der Waals surface area contributed by atoms with E-state index in [9.17, 15) is 0 Å². The Labute approximate surface area is 161 Å². The van der Waals surface area contributed by atoms with Gasteiger partial charge in [-0.2, -0.15) is 0 Å². The van der Waals surface area contributed by atoms with Crippen LogP contribution in [0.15, 0.2) is 85.6 Å². The minimum atomic E-state index is 0.390. The van der Waals surface area contributed by atoms with E-state index in [2.05, 4.69) is 19.9 Å². The quantitative estimate of drug-likeness (QED) is 0.500. The van der Waals surface area contributed by atoms with E-state index in [0.29, 0.717) is 6.61 Å². The van der Waals surface area contributed by atoms with Crippen LogP contribution in [0.4, 0.5) is 0 Å². The van der Waals surface area contributed by atoms with Gasteiger partial charge in [0.05, 0.1) is 29.3 Å². The third kappa shape index (κ3) is 3.12. The Morgan fingerprint density at radius 3 is 2.54 bits per heavy atom. The highest BCUT2D eigenvalue weighted by Crippen LogP contribution is 2.24. The van der Waals surface area contributed by atoms with Gasteiger partial charge in [-0.05, 0) is 48.5 Å². The monoisotopic (exact) mass is 367 g/mol. The zero-order valence-corrected chi connectivity index (χ0v) is 15.0. The molecule has 1 N–H and O–H groups in total. The van der Waals surface area contributed by atoms with Crippen molar-refractivity contribution in [1.29, 1.82) is 0 Å². The summed E-state index contributed by atoms with van der Waals surface area (Å²) in [6.07, 6.45) is 7.21. The first-order valence-corrected chi connectivity index (χ1v) is 8.96. The van der Waals surface area contributed by atoms with Gasteiger partial charge in [0.1, 0.15) is 18.2 Å². The third-order valence-electron chi connectivity index (χ3n) is 4.54. The fourth-order valence-corrected chi connectivity index (χ4v) is 3.17. The normalized spacial score (nSPS) is 11.0. The smallest absolute Gasteiger partial charge is 0.146 e. The van der Waals surface area contributed by atoms with Gasteiger partial charge in [-0.1, -0.05) is 12.1 Å². The van der Waals surface area contributed by atoms with Crippen molar-refractivity contribution >= 4 is 11.0 Å². The lowest BCUT2D eigenvalue weighted by molar-refractivity contribution is 0.297. The summed E-state index contributed by atoms with van der Waals surface area (Å²) in [4.78, 5) is 16.2. The summed E-state index contributed by atoms with van der Waals surface area (Å²) in [5.74, 6) is 1.59. The van der Waals surface area contributed by atoms with Gasteiger partial charge in [-0.3, -0.25) is 9.55 Å². The molecule has 0 aliphatic rings. The number of nitrogens with one attached hydrogen (secondary N) is 1. The van der Waals surface area contributed by atoms with Crippen molar-refractivity contribution in [2.24, 2.45) is 0 Å². The molecule has 5 aromatic rings. The molecule has 0 aliphatic heterocycles. The molecule has 0 atom stereocenters. The Kier molecular flexibility index (Phi) is 4.06. The molecule has 3 heterocycles. The molecule has 0 unspecified atom stereocenters. The first-order valence-electron chi connectivity index (χ1n) is 8.96. The number of H-pyrrole nitrogens is 1. The number of nitrogens with zero attached hydrogens (tertiary/aromatic N) is 4. The molecule has 6 nitrogen and oxygen atoms in total. The summed E-state index contributed by atoms with van der Waals surface area (Å²) in [7, 11) is 0. The number of hydrogen-bond acceptors (Lipinski definition) is 4. The van der Waals surface area contributed by atoms with E-state index in [1.165, 1.54) is 0 Å². The summed E-state index contributed by atoms with van der Waals surface area (Å²) >= 11 is 0. The molecule has 0 amide bonds. The van der Waals surface area contributed by atoms with Crippen LogP contribution in [-0.4, -0.2) is 24.5 Å². The van der Waals surface area contributed by atoms with Crippen LogP contribution in [-0.2, 0) is 6.61 Å². The van der Waals surface area contributed by atoms with Gasteiger partial charge in [-0.25, -0.2) is 9.97 Å². The molecule has 136 valence electrons. The predicted octanol–water partition coefficient (Wildman–Crippen LogP) is 4.39. The summed E-state index contributed by atoms with van der Waals surface area (Å²) in [5, 5.41) is 0. The van der Waals surface area contributed by atoms with Crippen molar-refractivity contribution in [2.75, 3.05) is 0 Å². The van der Waals surface area contributed by atoms with Gasteiger partial charge >= 0.3 is 0 Å². The largest absolute Gasteiger partial charge is 0.486 e. The molecular formula is C22H17N5O. The van der Waals surface area contributed by atoms with E-state index in [4.69, 9.17) is 4.74 Å². The zero-order valence-electron chi connectivity index (χ0n) is 15.0. The topological polar surface area (TPSA) is 68.6 Å². The first-order chi connectivity index (χ1) is 13.9. The van der Waals surface area contributed by atoms with Crippen molar-refractivity contribution in [1.82, 2.24) is 24.5 Å². The van der Waals surface area contributed by atoms with Crippen molar-refractivity contribution in [3.63, 3.8) is 0 Å². The fraction of sp³-hybridized carbons (Fsp3) is 0.0455. The molecular weight excluding hydrogens is 350 g/mol. The van der Waals surface area contributed by atoms with Gasteiger partial charge < -0.3 is 9.72 Å². The Morgan fingerprint density at radius 1 is 0.893 bits per heavy atom. The Balaban J connectivity index is 1.33. The van der Waals surface area contributed by atoms with Crippen LogP contribution in [0.1, 0.15) is 5.82 Å². The number of benzene rings is 2. The molecule has 0 saturated heterocycles. The molecule has 5 rings (SSSR count). The van der Waals surface area contributed by atoms with Crippen LogP contribution in [0.5, 0.6) is 5.75 Å². The minimum Gasteiger partial charge on any atom is -0.486 e. The number of hydrogen-bond donors (Lipinski definition) is 1. The van der Waals surface area contributed by atoms with Crippen LogP contribution in [0, 0.1) is 0 Å². The second-order valence-electron chi connectivity index (χ2n) is 6.37. The zero-order chi connectivity index (χ0) is 18.8. The highest BCUT2D eigenvalue weighted by molar-refractivity contribution is 5.74. The highest BCUT2D eigenvalue weighted by atomic mass is 16.5. The highest BCUT2D eigenvalue weighted by Gasteiger charge is 2.08. The van der Waals surface area contributed by atoms with Crippen LogP contribution < -0.4 is 4.74 Å². The number of imidazole rings is 2. The standard InChI is InChI=1S/C22H17N5O/c1-2-4-20-19(3-1)25-22(26-20)14-28-18-7-5-17(6-8-18)27-15-24-13-21(27)16-9-11-23-12-10-16/h1-13,15H,14H2,(H,25,26). The lowest BCUT2D eigenvalue weighted by Crippen LogP contribution is -1.99. The van der Waals surface area contributed by atoms with Gasteiger partial charge in [0.25, 0.3) is 0 Å². The van der Waals surface area contributed by atoms with Gasteiger partial charge in [0, 0.05) is 23.6 Å². The van der Waals surface area contributed by atoms with E-state index < -0.39 is 0 Å². The van der Waals surface area contributed by atoms with E-state index in [-0.39, 0.29) is 0 Å². The number of ether oxygens (including phenoxy) is 1. The van der Waals surface area contributed by atoms with E-state index in [0.717, 1.165) is 39.6 Å². The lowest BCUT2D eigenvalue weighted by atomic mass is 10.2. The Hall–Kier alpha value is -3.93. The van der Waals surface area contributed by atoms with Crippen LogP contribution >= 0.6 is 0 Å². The maximum absolute atomic E-state index is 5.88. The third-order valence-corrected chi connectivity index (χ3v) is 4.54.